The Kier molecular flexibility index (Phi) is 21.6. The van der Waals surface area contributed by atoms with E-state index in [1.807, 2.05) is 0 Å². The SMILES string of the molecule is CCCc1c[cH-]c2ccccc12.CCCc1c[cH-]c2ccccc12.Cl.Cl.[CH3-].[CH3-].[Si]=[Zr]. The molecule has 0 aromatic heterocycles. The summed E-state index contributed by atoms with van der Waals surface area (Å²) in [6.45, 7) is 7.51. The molecule has 0 aliphatic heterocycles. The zero-order valence-corrected chi connectivity index (χ0v) is 23.7. The van der Waals surface area contributed by atoms with Crippen molar-refractivity contribution in [1.29, 1.82) is 0 Å². The van der Waals surface area contributed by atoms with E-state index >= 15 is 0 Å². The number of hydrogen-bond acceptors (Lipinski definition) is 0. The number of halogens is 2. The quantitative estimate of drug-likeness (QED) is 0.181. The summed E-state index contributed by atoms with van der Waals surface area (Å²) in [6.07, 6.45) is 4.86. The predicted octanol–water partition coefficient (Wildman–Crippen LogP) is 8.38. The van der Waals surface area contributed by atoms with E-state index in [1.54, 1.807) is 0 Å². The Hall–Kier alpha value is -0.660. The summed E-state index contributed by atoms with van der Waals surface area (Å²) in [5, 5.41) is 5.61. The summed E-state index contributed by atoms with van der Waals surface area (Å²) in [6, 6.07) is 26.1. The van der Waals surface area contributed by atoms with Gasteiger partial charge in [0, 0.05) is 0 Å². The van der Waals surface area contributed by atoms with Gasteiger partial charge in [-0.1, -0.05) is 51.7 Å². The van der Waals surface area contributed by atoms with Crippen molar-refractivity contribution >= 4 is 53.2 Å². The van der Waals surface area contributed by atoms with Gasteiger partial charge in [0.2, 0.25) is 0 Å². The van der Waals surface area contributed by atoms with E-state index < -0.39 is 0 Å². The molecule has 0 bridgehead atoms. The van der Waals surface area contributed by atoms with Gasteiger partial charge >= 0.3 is 30.2 Å². The number of benzene rings is 2. The summed E-state index contributed by atoms with van der Waals surface area (Å²) >= 11 is 1.36. The Balaban J connectivity index is -0.000000400. The third-order valence-electron chi connectivity index (χ3n) is 4.58. The van der Waals surface area contributed by atoms with Crippen molar-refractivity contribution in [1.82, 2.24) is 0 Å². The molecule has 164 valence electrons. The maximum absolute atomic E-state index is 3.06. The van der Waals surface area contributed by atoms with E-state index in [0.29, 0.717) is 0 Å². The fraction of sp³-hybridized carbons (Fsp3) is 0.231. The molecule has 0 unspecified atom stereocenters. The van der Waals surface area contributed by atoms with Gasteiger partial charge in [0.05, 0.1) is 0 Å². The van der Waals surface area contributed by atoms with Gasteiger partial charge in [-0.2, -0.15) is 11.1 Å². The second-order valence-electron chi connectivity index (χ2n) is 6.39. The average Bonchev–Trinajstić information content (AvgIpc) is 3.30. The summed E-state index contributed by atoms with van der Waals surface area (Å²) in [5.41, 5.74) is 2.99. The Labute approximate surface area is 213 Å². The molecule has 0 heterocycles. The van der Waals surface area contributed by atoms with Gasteiger partial charge in [0.1, 0.15) is 0 Å². The monoisotopic (exact) mass is 534 g/mol. The molecule has 0 saturated heterocycles. The van der Waals surface area contributed by atoms with Gasteiger partial charge in [-0.3, -0.25) is 0 Å². The summed E-state index contributed by atoms with van der Waals surface area (Å²) < 4.78 is 0. The molecule has 0 fully saturated rings. The van der Waals surface area contributed by atoms with Crippen LogP contribution in [-0.4, -0.2) is 6.88 Å². The molecule has 0 nitrogen and oxygen atoms in total. The average molecular weight is 537 g/mol. The normalized spacial score (nSPS) is 8.70. The zero-order valence-electron chi connectivity index (χ0n) is 18.6. The summed E-state index contributed by atoms with van der Waals surface area (Å²) in [7, 11) is 0. The Morgan fingerprint density at radius 2 is 1.00 bits per heavy atom. The first-order valence-corrected chi connectivity index (χ1v) is 13.5. The van der Waals surface area contributed by atoms with Crippen LogP contribution in [0.25, 0.3) is 21.5 Å². The standard InChI is InChI=1S/2C12H13.2CH3.2ClH.Si.Zr/c2*1-2-5-10-8-9-11-6-3-4-7-12(10)11;;;;;;/h2*3-4,6-9H,2,5H2,1H3;2*1H3;2*1H;;/q4*-1;;;;. The summed E-state index contributed by atoms with van der Waals surface area (Å²) in [5.74, 6) is 0. The molecule has 4 aromatic rings. The Morgan fingerprint density at radius 3 is 1.33 bits per heavy atom. The molecule has 0 saturated carbocycles. The molecule has 0 atom stereocenters. The first kappa shape index (κ1) is 34.0. The molecule has 4 aromatic carbocycles. The molecule has 4 rings (SSSR count). The van der Waals surface area contributed by atoms with Crippen molar-refractivity contribution < 1.29 is 23.3 Å². The minimum absolute atomic E-state index is 0. The van der Waals surface area contributed by atoms with Gasteiger partial charge in [0.25, 0.3) is 0 Å². The molecule has 0 aliphatic rings. The van der Waals surface area contributed by atoms with E-state index in [4.69, 9.17) is 0 Å². The van der Waals surface area contributed by atoms with Crippen LogP contribution in [0.2, 0.25) is 0 Å². The third kappa shape index (κ3) is 9.23. The van der Waals surface area contributed by atoms with E-state index in [0.717, 1.165) is 0 Å². The number of fused-ring (bicyclic) bond motifs is 2. The number of aryl methyl sites for hydroxylation is 2. The van der Waals surface area contributed by atoms with Crippen LogP contribution in [0.15, 0.2) is 72.8 Å². The van der Waals surface area contributed by atoms with E-state index in [9.17, 15) is 0 Å². The fourth-order valence-electron chi connectivity index (χ4n) is 3.40. The van der Waals surface area contributed by atoms with Crippen LogP contribution in [0.1, 0.15) is 37.8 Å². The number of hydrogen-bond donors (Lipinski definition) is 0. The molecular formula is C26H34Cl2SiZr-4. The van der Waals surface area contributed by atoms with Gasteiger partial charge in [0.15, 0.2) is 0 Å². The van der Waals surface area contributed by atoms with Crippen LogP contribution in [0.5, 0.6) is 0 Å². The maximum atomic E-state index is 3.06. The van der Waals surface area contributed by atoms with Crippen LogP contribution in [0.4, 0.5) is 0 Å². The van der Waals surface area contributed by atoms with Crippen molar-refractivity contribution in [2.45, 2.75) is 39.5 Å². The van der Waals surface area contributed by atoms with Gasteiger partial charge in [-0.25, -0.2) is 0 Å². The van der Waals surface area contributed by atoms with Gasteiger partial charge in [-0.05, 0) is 0 Å². The zero-order chi connectivity index (χ0) is 18.8. The molecule has 30 heavy (non-hydrogen) atoms. The minimum atomic E-state index is 0. The van der Waals surface area contributed by atoms with Crippen LogP contribution >= 0.6 is 24.8 Å². The van der Waals surface area contributed by atoms with Crippen molar-refractivity contribution in [2.75, 3.05) is 0 Å². The fourth-order valence-corrected chi connectivity index (χ4v) is 3.40. The Morgan fingerprint density at radius 1 is 0.667 bits per heavy atom. The molecule has 4 heteroatoms. The third-order valence-corrected chi connectivity index (χ3v) is 4.58. The Bertz CT molecular complexity index is 851. The second kappa shape index (κ2) is 19.1. The first-order valence-electron chi connectivity index (χ1n) is 9.35. The van der Waals surface area contributed by atoms with Crippen LogP contribution in [0, 0.1) is 14.9 Å². The number of rotatable bonds is 4. The summed E-state index contributed by atoms with van der Waals surface area (Å²) in [4.78, 5) is 0. The molecule has 2 radical (unpaired) electrons. The van der Waals surface area contributed by atoms with Crippen molar-refractivity contribution in [3.8, 4) is 0 Å². The van der Waals surface area contributed by atoms with E-state index in [-0.39, 0.29) is 39.7 Å². The predicted molar refractivity (Wildman–Crippen MR) is 140 cm³/mol. The van der Waals surface area contributed by atoms with Gasteiger partial charge < -0.3 is 14.9 Å². The molecular weight excluding hydrogens is 503 g/mol. The van der Waals surface area contributed by atoms with Crippen molar-refractivity contribution in [3.63, 3.8) is 0 Å². The molecule has 0 N–H and O–H groups in total. The molecule has 0 spiro atoms. The molecule has 0 amide bonds. The van der Waals surface area contributed by atoms with Crippen LogP contribution < -0.4 is 0 Å². The molecule has 0 aliphatic carbocycles. The van der Waals surface area contributed by atoms with Crippen molar-refractivity contribution in [3.05, 3.63) is 98.8 Å². The van der Waals surface area contributed by atoms with E-state index in [1.165, 1.54) is 81.7 Å². The second-order valence-corrected chi connectivity index (χ2v) is 6.39. The van der Waals surface area contributed by atoms with E-state index in [2.05, 4.69) is 93.5 Å². The van der Waals surface area contributed by atoms with Crippen molar-refractivity contribution in [2.24, 2.45) is 0 Å². The van der Waals surface area contributed by atoms with Gasteiger partial charge in [-0.15, -0.1) is 107 Å². The first-order chi connectivity index (χ1) is 12.8. The van der Waals surface area contributed by atoms with Crippen LogP contribution in [-0.2, 0) is 36.2 Å². The topological polar surface area (TPSA) is 0 Å². The van der Waals surface area contributed by atoms with Crippen LogP contribution in [0.3, 0.4) is 0 Å².